The van der Waals surface area contributed by atoms with E-state index in [2.05, 4.69) is 15.3 Å². The van der Waals surface area contributed by atoms with E-state index in [-0.39, 0.29) is 19.2 Å². The van der Waals surface area contributed by atoms with Crippen LogP contribution in [0.5, 0.6) is 0 Å². The van der Waals surface area contributed by atoms with Crippen molar-refractivity contribution in [3.8, 4) is 0 Å². The monoisotopic (exact) mass is 230 g/mol. The summed E-state index contributed by atoms with van der Waals surface area (Å²) in [6.07, 6.45) is -0.553. The van der Waals surface area contributed by atoms with E-state index in [9.17, 15) is 4.79 Å². The van der Waals surface area contributed by atoms with Crippen molar-refractivity contribution >= 4 is 6.09 Å². The fraction of sp³-hybridized carbons (Fsp3) is 0.889. The summed E-state index contributed by atoms with van der Waals surface area (Å²) < 4.78 is 9.93. The van der Waals surface area contributed by atoms with E-state index in [1.165, 1.54) is 7.11 Å². The molecule has 0 aromatic rings. The fourth-order valence-corrected chi connectivity index (χ4v) is 0.950. The second-order valence-corrected chi connectivity index (χ2v) is 4.21. The smallest absolute Gasteiger partial charge is 0.407 e. The first kappa shape index (κ1) is 14.5. The summed E-state index contributed by atoms with van der Waals surface area (Å²) in [7, 11) is 1.50. The third kappa shape index (κ3) is 7.90. The molecule has 0 aromatic carbocycles. The Hall–Kier alpha value is -1.46. The van der Waals surface area contributed by atoms with Crippen LogP contribution in [0.15, 0.2) is 5.11 Å². The molecule has 0 aliphatic heterocycles. The van der Waals surface area contributed by atoms with Gasteiger partial charge in [0.25, 0.3) is 0 Å². The summed E-state index contributed by atoms with van der Waals surface area (Å²) in [5.41, 5.74) is 7.62. The van der Waals surface area contributed by atoms with Crippen molar-refractivity contribution in [3.63, 3.8) is 0 Å². The summed E-state index contributed by atoms with van der Waals surface area (Å²) >= 11 is 0. The van der Waals surface area contributed by atoms with Gasteiger partial charge in [0.2, 0.25) is 0 Å². The number of ether oxygens (including phenoxy) is 2. The SMILES string of the molecule is COC[C@@H](CN=[N+]=[N-])NC(=O)OC(C)(C)C. The first-order valence-electron chi connectivity index (χ1n) is 4.88. The summed E-state index contributed by atoms with van der Waals surface area (Å²) in [5, 5.41) is 5.93. The van der Waals surface area contributed by atoms with Gasteiger partial charge in [0.15, 0.2) is 0 Å². The normalized spacial score (nSPS) is 12.5. The molecule has 0 unspecified atom stereocenters. The van der Waals surface area contributed by atoms with Gasteiger partial charge >= 0.3 is 6.09 Å². The molecule has 0 spiro atoms. The van der Waals surface area contributed by atoms with Crippen molar-refractivity contribution < 1.29 is 14.3 Å². The van der Waals surface area contributed by atoms with Gasteiger partial charge in [0.1, 0.15) is 5.60 Å². The molecule has 16 heavy (non-hydrogen) atoms. The van der Waals surface area contributed by atoms with Crippen LogP contribution in [0.3, 0.4) is 0 Å². The minimum Gasteiger partial charge on any atom is -0.444 e. The Labute approximate surface area is 94.7 Å². The zero-order valence-electron chi connectivity index (χ0n) is 10.1. The van der Waals surface area contributed by atoms with E-state index >= 15 is 0 Å². The molecule has 0 bridgehead atoms. The second kappa shape index (κ2) is 6.92. The molecule has 0 fully saturated rings. The molecule has 0 aliphatic rings. The number of hydrogen-bond acceptors (Lipinski definition) is 4. The number of amides is 1. The maximum absolute atomic E-state index is 11.4. The highest BCUT2D eigenvalue weighted by atomic mass is 16.6. The van der Waals surface area contributed by atoms with Gasteiger partial charge in [-0.1, -0.05) is 5.11 Å². The van der Waals surface area contributed by atoms with Crippen LogP contribution in [-0.4, -0.2) is 38.0 Å². The van der Waals surface area contributed by atoms with E-state index < -0.39 is 11.7 Å². The van der Waals surface area contributed by atoms with Gasteiger partial charge in [-0.05, 0) is 26.3 Å². The highest BCUT2D eigenvalue weighted by Crippen LogP contribution is 2.06. The maximum atomic E-state index is 11.4. The molecule has 0 radical (unpaired) electrons. The van der Waals surface area contributed by atoms with E-state index in [1.54, 1.807) is 20.8 Å². The molecule has 1 N–H and O–H groups in total. The van der Waals surface area contributed by atoms with Gasteiger partial charge in [-0.15, -0.1) is 0 Å². The highest BCUT2D eigenvalue weighted by molar-refractivity contribution is 5.68. The molecular formula is C9H18N4O3. The van der Waals surface area contributed by atoms with Crippen molar-refractivity contribution in [3.05, 3.63) is 10.4 Å². The number of hydrogen-bond donors (Lipinski definition) is 1. The Morgan fingerprint density at radius 2 is 2.19 bits per heavy atom. The van der Waals surface area contributed by atoms with Crippen molar-refractivity contribution in [2.45, 2.75) is 32.4 Å². The van der Waals surface area contributed by atoms with Gasteiger partial charge in [0.05, 0.1) is 12.6 Å². The first-order valence-corrected chi connectivity index (χ1v) is 4.88. The number of methoxy groups -OCH3 is 1. The van der Waals surface area contributed by atoms with Gasteiger partial charge in [-0.2, -0.15) is 0 Å². The summed E-state index contributed by atoms with van der Waals surface area (Å²) in [4.78, 5) is 14.0. The zero-order valence-corrected chi connectivity index (χ0v) is 10.1. The molecule has 7 nitrogen and oxygen atoms in total. The molecule has 0 rings (SSSR count). The van der Waals surface area contributed by atoms with Crippen LogP contribution >= 0.6 is 0 Å². The molecule has 0 saturated carbocycles. The quantitative estimate of drug-likeness (QED) is 0.443. The van der Waals surface area contributed by atoms with Gasteiger partial charge in [0, 0.05) is 18.6 Å². The number of carbonyl (C=O) groups is 1. The van der Waals surface area contributed by atoms with Gasteiger partial charge in [-0.3, -0.25) is 0 Å². The number of azide groups is 1. The number of nitrogens with zero attached hydrogens (tertiary/aromatic N) is 3. The number of alkyl carbamates (subject to hydrolysis) is 1. The highest BCUT2D eigenvalue weighted by Gasteiger charge is 2.18. The fourth-order valence-electron chi connectivity index (χ4n) is 0.950. The van der Waals surface area contributed by atoms with Crippen LogP contribution in [0.1, 0.15) is 20.8 Å². The van der Waals surface area contributed by atoms with E-state index in [1.807, 2.05) is 0 Å². The lowest BCUT2D eigenvalue weighted by atomic mass is 10.2. The minimum absolute atomic E-state index is 0.129. The molecule has 0 heterocycles. The molecule has 0 aromatic heterocycles. The van der Waals surface area contributed by atoms with Crippen molar-refractivity contribution in [2.75, 3.05) is 20.3 Å². The maximum Gasteiger partial charge on any atom is 0.407 e. The topological polar surface area (TPSA) is 96.3 Å². The van der Waals surface area contributed by atoms with Crippen LogP contribution in [0.4, 0.5) is 4.79 Å². The predicted octanol–water partition coefficient (Wildman–Crippen LogP) is 1.84. The molecule has 7 heteroatoms. The lowest BCUT2D eigenvalue weighted by molar-refractivity contribution is 0.0473. The molecule has 0 aliphatic carbocycles. The largest absolute Gasteiger partial charge is 0.444 e. The number of nitrogens with one attached hydrogen (secondary N) is 1. The van der Waals surface area contributed by atoms with Gasteiger partial charge in [-0.25, -0.2) is 4.79 Å². The molecule has 1 amide bonds. The van der Waals surface area contributed by atoms with Crippen molar-refractivity contribution in [1.29, 1.82) is 0 Å². The van der Waals surface area contributed by atoms with Crippen LogP contribution in [-0.2, 0) is 9.47 Å². The standard InChI is InChI=1S/C9H18N4O3/c1-9(2,3)16-8(14)12-7(6-15-4)5-11-13-10/h7H,5-6H2,1-4H3,(H,12,14)/t7-/m1/s1. The molecule has 0 saturated heterocycles. The molecule has 1 atom stereocenters. The summed E-state index contributed by atoms with van der Waals surface area (Å²) in [6.45, 7) is 5.70. The lowest BCUT2D eigenvalue weighted by Gasteiger charge is -2.22. The molecule has 92 valence electrons. The first-order chi connectivity index (χ1) is 7.39. The second-order valence-electron chi connectivity index (χ2n) is 4.21. The Morgan fingerprint density at radius 1 is 1.56 bits per heavy atom. The van der Waals surface area contributed by atoms with Crippen molar-refractivity contribution in [2.24, 2.45) is 5.11 Å². The van der Waals surface area contributed by atoms with Crippen LogP contribution in [0, 0.1) is 0 Å². The third-order valence-electron chi connectivity index (χ3n) is 1.45. The number of carbonyl (C=O) groups excluding carboxylic acids is 1. The van der Waals surface area contributed by atoms with E-state index in [4.69, 9.17) is 15.0 Å². The Kier molecular flexibility index (Phi) is 6.29. The zero-order chi connectivity index (χ0) is 12.6. The van der Waals surface area contributed by atoms with Gasteiger partial charge < -0.3 is 14.8 Å². The van der Waals surface area contributed by atoms with Crippen molar-refractivity contribution in [1.82, 2.24) is 5.32 Å². The van der Waals surface area contributed by atoms with E-state index in [0.717, 1.165) is 0 Å². The lowest BCUT2D eigenvalue weighted by Crippen LogP contribution is -2.42. The van der Waals surface area contributed by atoms with Crippen LogP contribution < -0.4 is 5.32 Å². The Bertz CT molecular complexity index is 268. The third-order valence-corrected chi connectivity index (χ3v) is 1.45. The van der Waals surface area contributed by atoms with E-state index in [0.29, 0.717) is 0 Å². The molecular weight excluding hydrogens is 212 g/mol. The minimum atomic E-state index is -0.555. The average molecular weight is 230 g/mol. The summed E-state index contributed by atoms with van der Waals surface area (Å²) in [6, 6.07) is -0.379. The Balaban J connectivity index is 4.17. The average Bonchev–Trinajstić information content (AvgIpc) is 2.11. The predicted molar refractivity (Wildman–Crippen MR) is 59.0 cm³/mol. The Morgan fingerprint density at radius 3 is 2.62 bits per heavy atom. The van der Waals surface area contributed by atoms with Crippen LogP contribution in [0.25, 0.3) is 10.4 Å². The van der Waals surface area contributed by atoms with Crippen LogP contribution in [0.2, 0.25) is 0 Å². The number of rotatable bonds is 5. The summed E-state index contributed by atoms with van der Waals surface area (Å²) in [5.74, 6) is 0.